The van der Waals surface area contributed by atoms with Crippen molar-refractivity contribution in [3.8, 4) is 0 Å². The van der Waals surface area contributed by atoms with E-state index in [1.165, 1.54) is 16.0 Å². The van der Waals surface area contributed by atoms with E-state index < -0.39 is 5.60 Å². The number of aryl methyl sites for hydroxylation is 1. The van der Waals surface area contributed by atoms with Gasteiger partial charge in [-0.3, -0.25) is 14.7 Å². The van der Waals surface area contributed by atoms with Crippen molar-refractivity contribution >= 4 is 28.6 Å². The number of pyridine rings is 1. The standard InChI is InChI=1S/C23H25N3O2S2/c1-17-4-10-30-21(17)14-25-13-20(19-3-2-6-24-11-19)23(16-25)22(27)26(7-8-28-23)12-18-5-9-29-15-18/h2-6,9-11,15,20H,7-8,12-14,16H2,1H3/t20-,23+/m1/s1. The maximum Gasteiger partial charge on any atom is 0.257 e. The number of hydrogen-bond acceptors (Lipinski definition) is 6. The highest BCUT2D eigenvalue weighted by molar-refractivity contribution is 7.10. The predicted octanol–water partition coefficient (Wildman–Crippen LogP) is 3.91. The van der Waals surface area contributed by atoms with E-state index >= 15 is 0 Å². The smallest absolute Gasteiger partial charge is 0.257 e. The largest absolute Gasteiger partial charge is 0.361 e. The number of likely N-dealkylation sites (tertiary alicyclic amines) is 1. The van der Waals surface area contributed by atoms with Gasteiger partial charge in [0.1, 0.15) is 0 Å². The molecular weight excluding hydrogens is 414 g/mol. The van der Waals surface area contributed by atoms with Crippen molar-refractivity contribution in [1.29, 1.82) is 0 Å². The molecule has 5 heterocycles. The highest BCUT2D eigenvalue weighted by Gasteiger charge is 2.57. The number of rotatable bonds is 5. The minimum atomic E-state index is -0.845. The second-order valence-electron chi connectivity index (χ2n) is 8.13. The molecule has 5 nitrogen and oxygen atoms in total. The van der Waals surface area contributed by atoms with Gasteiger partial charge < -0.3 is 9.64 Å². The average molecular weight is 440 g/mol. The molecule has 0 saturated carbocycles. The summed E-state index contributed by atoms with van der Waals surface area (Å²) >= 11 is 3.45. The second kappa shape index (κ2) is 8.23. The Morgan fingerprint density at radius 1 is 1.27 bits per heavy atom. The van der Waals surface area contributed by atoms with Crippen LogP contribution >= 0.6 is 22.7 Å². The van der Waals surface area contributed by atoms with Gasteiger partial charge in [0, 0.05) is 55.9 Å². The summed E-state index contributed by atoms with van der Waals surface area (Å²) in [7, 11) is 0. The van der Waals surface area contributed by atoms with E-state index in [4.69, 9.17) is 4.74 Å². The molecule has 0 aliphatic carbocycles. The van der Waals surface area contributed by atoms with Gasteiger partial charge >= 0.3 is 0 Å². The number of carbonyl (C=O) groups is 1. The number of amides is 1. The molecule has 2 atom stereocenters. The Balaban J connectivity index is 1.46. The van der Waals surface area contributed by atoms with Crippen LogP contribution in [0.4, 0.5) is 0 Å². The Hall–Kier alpha value is -2.06. The summed E-state index contributed by atoms with van der Waals surface area (Å²) in [6.07, 6.45) is 3.67. The lowest BCUT2D eigenvalue weighted by Gasteiger charge is -2.42. The number of ether oxygens (including phenoxy) is 1. The maximum absolute atomic E-state index is 13.8. The fourth-order valence-corrected chi connectivity index (χ4v) is 6.25. The van der Waals surface area contributed by atoms with Gasteiger partial charge in [-0.05, 0) is 58.0 Å². The lowest BCUT2D eigenvalue weighted by molar-refractivity contribution is -0.173. The molecule has 156 valence electrons. The van der Waals surface area contributed by atoms with Crippen molar-refractivity contribution in [1.82, 2.24) is 14.8 Å². The van der Waals surface area contributed by atoms with Gasteiger partial charge in [0.05, 0.1) is 6.61 Å². The monoisotopic (exact) mass is 439 g/mol. The Labute approximate surface area is 184 Å². The zero-order valence-electron chi connectivity index (χ0n) is 17.0. The molecule has 1 spiro atoms. The van der Waals surface area contributed by atoms with Gasteiger partial charge in [-0.1, -0.05) is 6.07 Å². The first kappa shape index (κ1) is 19.9. The van der Waals surface area contributed by atoms with Gasteiger partial charge in [-0.15, -0.1) is 11.3 Å². The summed E-state index contributed by atoms with van der Waals surface area (Å²) in [5, 5.41) is 6.32. The molecule has 2 aliphatic rings. The molecule has 2 saturated heterocycles. The minimum absolute atomic E-state index is 0.0238. The molecule has 3 aromatic heterocycles. The molecule has 2 aliphatic heterocycles. The summed E-state index contributed by atoms with van der Waals surface area (Å²) in [6, 6.07) is 8.29. The first-order chi connectivity index (χ1) is 14.7. The zero-order valence-corrected chi connectivity index (χ0v) is 18.6. The lowest BCUT2D eigenvalue weighted by atomic mass is 9.83. The van der Waals surface area contributed by atoms with E-state index in [0.717, 1.165) is 18.7 Å². The number of thiophene rings is 2. The van der Waals surface area contributed by atoms with E-state index in [1.54, 1.807) is 28.9 Å². The number of hydrogen-bond donors (Lipinski definition) is 0. The Kier molecular flexibility index (Phi) is 5.45. The quantitative estimate of drug-likeness (QED) is 0.605. The van der Waals surface area contributed by atoms with Crippen molar-refractivity contribution in [2.45, 2.75) is 31.5 Å². The number of aromatic nitrogens is 1. The van der Waals surface area contributed by atoms with Gasteiger partial charge in [0.15, 0.2) is 5.60 Å². The Bertz CT molecular complexity index is 1000. The van der Waals surface area contributed by atoms with E-state index in [2.05, 4.69) is 51.1 Å². The average Bonchev–Trinajstić information content (AvgIpc) is 3.49. The van der Waals surface area contributed by atoms with Crippen LogP contribution in [0, 0.1) is 6.92 Å². The third kappa shape index (κ3) is 3.60. The van der Waals surface area contributed by atoms with Gasteiger partial charge in [0.2, 0.25) is 0 Å². The molecule has 0 N–H and O–H groups in total. The first-order valence-corrected chi connectivity index (χ1v) is 12.1. The van der Waals surface area contributed by atoms with Crippen LogP contribution in [0.1, 0.15) is 27.5 Å². The van der Waals surface area contributed by atoms with Crippen molar-refractivity contribution in [2.24, 2.45) is 0 Å². The molecule has 0 bridgehead atoms. The van der Waals surface area contributed by atoms with Gasteiger partial charge in [-0.25, -0.2) is 0 Å². The van der Waals surface area contributed by atoms with Crippen LogP contribution in [-0.2, 0) is 22.6 Å². The number of nitrogens with zero attached hydrogens (tertiary/aromatic N) is 3. The second-order valence-corrected chi connectivity index (χ2v) is 9.91. The summed E-state index contributed by atoms with van der Waals surface area (Å²) in [4.78, 5) is 23.9. The summed E-state index contributed by atoms with van der Waals surface area (Å²) in [6.45, 7) is 6.27. The van der Waals surface area contributed by atoms with Gasteiger partial charge in [0.25, 0.3) is 5.91 Å². The van der Waals surface area contributed by atoms with Gasteiger partial charge in [-0.2, -0.15) is 11.3 Å². The Morgan fingerprint density at radius 3 is 2.93 bits per heavy atom. The van der Waals surface area contributed by atoms with E-state index in [0.29, 0.717) is 26.2 Å². The van der Waals surface area contributed by atoms with Crippen LogP contribution in [-0.4, -0.2) is 52.5 Å². The fourth-order valence-electron chi connectivity index (χ4n) is 4.64. The van der Waals surface area contributed by atoms with Crippen LogP contribution in [0.3, 0.4) is 0 Å². The lowest BCUT2D eigenvalue weighted by Crippen LogP contribution is -2.59. The van der Waals surface area contributed by atoms with Crippen LogP contribution in [0.2, 0.25) is 0 Å². The number of morpholine rings is 1. The zero-order chi connectivity index (χ0) is 20.6. The van der Waals surface area contributed by atoms with E-state index in [1.807, 2.05) is 17.2 Å². The SMILES string of the molecule is Cc1ccsc1CN1C[C@H](c2cccnc2)[C@]2(C1)OCCN(Cc1ccsc1)C2=O. The fraction of sp³-hybridized carbons (Fsp3) is 0.391. The molecule has 0 unspecified atom stereocenters. The predicted molar refractivity (Wildman–Crippen MR) is 120 cm³/mol. The Morgan fingerprint density at radius 2 is 2.20 bits per heavy atom. The normalized spacial score (nSPS) is 24.8. The van der Waals surface area contributed by atoms with Crippen LogP contribution in [0.15, 0.2) is 52.8 Å². The van der Waals surface area contributed by atoms with Crippen molar-refractivity contribution in [2.75, 3.05) is 26.2 Å². The molecule has 0 aromatic carbocycles. The molecule has 3 aromatic rings. The molecule has 2 fully saturated rings. The van der Waals surface area contributed by atoms with Crippen molar-refractivity contribution in [3.05, 3.63) is 74.4 Å². The van der Waals surface area contributed by atoms with Crippen LogP contribution < -0.4 is 0 Å². The molecule has 7 heteroatoms. The third-order valence-electron chi connectivity index (χ3n) is 6.21. The molecule has 1 amide bonds. The summed E-state index contributed by atoms with van der Waals surface area (Å²) < 4.78 is 6.38. The first-order valence-electron chi connectivity index (χ1n) is 10.3. The van der Waals surface area contributed by atoms with Crippen LogP contribution in [0.5, 0.6) is 0 Å². The highest BCUT2D eigenvalue weighted by Crippen LogP contribution is 2.42. The molecule has 5 rings (SSSR count). The summed E-state index contributed by atoms with van der Waals surface area (Å²) in [5.74, 6) is 0.0865. The summed E-state index contributed by atoms with van der Waals surface area (Å²) in [5.41, 5.74) is 2.73. The molecule has 0 radical (unpaired) electrons. The maximum atomic E-state index is 13.8. The number of carbonyl (C=O) groups excluding carboxylic acids is 1. The van der Waals surface area contributed by atoms with Crippen molar-refractivity contribution < 1.29 is 9.53 Å². The third-order valence-corrected chi connectivity index (χ3v) is 7.95. The van der Waals surface area contributed by atoms with E-state index in [9.17, 15) is 4.79 Å². The van der Waals surface area contributed by atoms with Crippen molar-refractivity contribution in [3.63, 3.8) is 0 Å². The van der Waals surface area contributed by atoms with E-state index in [-0.39, 0.29) is 11.8 Å². The molecular formula is C23H25N3O2S2. The van der Waals surface area contributed by atoms with Crippen LogP contribution in [0.25, 0.3) is 0 Å². The molecule has 30 heavy (non-hydrogen) atoms. The topological polar surface area (TPSA) is 45.7 Å². The highest BCUT2D eigenvalue weighted by atomic mass is 32.1. The minimum Gasteiger partial charge on any atom is -0.361 e.